The number of sulfonamides is 1. The predicted octanol–water partition coefficient (Wildman–Crippen LogP) is 3.17. The second kappa shape index (κ2) is 10.3. The maximum atomic E-state index is 12.5. The number of carbonyl (C=O) groups is 1. The first-order chi connectivity index (χ1) is 16.0. The van der Waals surface area contributed by atoms with Crippen molar-refractivity contribution >= 4 is 16.1 Å². The number of amides is 1. The number of nitriles is 1. The highest BCUT2D eigenvalue weighted by molar-refractivity contribution is 7.89. The van der Waals surface area contributed by atoms with Crippen molar-refractivity contribution in [1.29, 1.82) is 5.26 Å². The summed E-state index contributed by atoms with van der Waals surface area (Å²) >= 11 is 0. The zero-order chi connectivity index (χ0) is 24.9. The molecular formula is C24H29N3O6S. The summed E-state index contributed by atoms with van der Waals surface area (Å²) in [5.41, 5.74) is 0.498. The molecule has 9 nitrogen and oxygen atoms in total. The molecule has 0 bridgehead atoms. The fourth-order valence-corrected chi connectivity index (χ4v) is 4.60. The van der Waals surface area contributed by atoms with Crippen LogP contribution in [0.3, 0.4) is 0 Å². The van der Waals surface area contributed by atoms with Crippen LogP contribution in [0.5, 0.6) is 11.5 Å². The largest absolute Gasteiger partial charge is 0.507 e. The second-order valence-corrected chi connectivity index (χ2v) is 10.8. The first-order valence-corrected chi connectivity index (χ1v) is 12.4. The third-order valence-corrected chi connectivity index (χ3v) is 6.60. The minimum atomic E-state index is -3.96. The Morgan fingerprint density at radius 1 is 1.24 bits per heavy atom. The van der Waals surface area contributed by atoms with E-state index in [2.05, 4.69) is 4.72 Å². The number of hydrogen-bond acceptors (Lipinski definition) is 7. The summed E-state index contributed by atoms with van der Waals surface area (Å²) in [5, 5.41) is 18.8. The lowest BCUT2D eigenvalue weighted by molar-refractivity contribution is 0.0275. The number of likely N-dealkylation sites (tertiary alicyclic amines) is 1. The highest BCUT2D eigenvalue weighted by atomic mass is 32.2. The zero-order valence-corrected chi connectivity index (χ0v) is 20.3. The first kappa shape index (κ1) is 25.3. The monoisotopic (exact) mass is 487 g/mol. The van der Waals surface area contributed by atoms with Gasteiger partial charge >= 0.3 is 6.09 Å². The highest BCUT2D eigenvalue weighted by Crippen LogP contribution is 2.24. The summed E-state index contributed by atoms with van der Waals surface area (Å²) < 4.78 is 38.8. The lowest BCUT2D eigenvalue weighted by Gasteiger charge is -2.24. The van der Waals surface area contributed by atoms with Crippen LogP contribution in [0.2, 0.25) is 0 Å². The molecule has 0 aromatic heterocycles. The number of nitrogens with zero attached hydrogens (tertiary/aromatic N) is 2. The summed E-state index contributed by atoms with van der Waals surface area (Å²) in [5.74, 6) is 0.253. The minimum Gasteiger partial charge on any atom is -0.507 e. The Kier molecular flexibility index (Phi) is 7.69. The number of carbonyl (C=O) groups excluding carboxylic acids is 1. The Labute approximate surface area is 200 Å². The van der Waals surface area contributed by atoms with E-state index in [1.54, 1.807) is 4.90 Å². The van der Waals surface area contributed by atoms with Gasteiger partial charge in [0, 0.05) is 19.5 Å². The molecule has 182 valence electrons. The van der Waals surface area contributed by atoms with Gasteiger partial charge in [-0.15, -0.1) is 0 Å². The van der Waals surface area contributed by atoms with Gasteiger partial charge in [-0.05, 0) is 63.1 Å². The molecular weight excluding hydrogens is 458 g/mol. The molecule has 0 saturated carbocycles. The molecule has 1 aliphatic rings. The summed E-state index contributed by atoms with van der Waals surface area (Å²) in [6.07, 6.45) is 0.669. The van der Waals surface area contributed by atoms with Gasteiger partial charge < -0.3 is 19.5 Å². The molecule has 0 spiro atoms. The van der Waals surface area contributed by atoms with Crippen LogP contribution in [0.25, 0.3) is 0 Å². The Morgan fingerprint density at radius 3 is 2.59 bits per heavy atom. The molecule has 1 fully saturated rings. The zero-order valence-electron chi connectivity index (χ0n) is 19.4. The molecule has 0 radical (unpaired) electrons. The van der Waals surface area contributed by atoms with Gasteiger partial charge in [-0.1, -0.05) is 12.1 Å². The molecule has 3 rings (SSSR count). The smallest absolute Gasteiger partial charge is 0.410 e. The van der Waals surface area contributed by atoms with E-state index < -0.39 is 21.4 Å². The number of nitrogens with one attached hydrogen (secondary N) is 1. The van der Waals surface area contributed by atoms with E-state index in [0.717, 1.165) is 11.6 Å². The number of hydrogen-bond donors (Lipinski definition) is 2. The normalized spacial score (nSPS) is 16.2. The van der Waals surface area contributed by atoms with E-state index in [1.807, 2.05) is 51.1 Å². The minimum absolute atomic E-state index is 0.117. The molecule has 34 heavy (non-hydrogen) atoms. The van der Waals surface area contributed by atoms with Crippen LogP contribution in [-0.4, -0.2) is 55.9 Å². The van der Waals surface area contributed by atoms with Crippen LogP contribution in [0, 0.1) is 11.3 Å². The quantitative estimate of drug-likeness (QED) is 0.614. The molecule has 0 unspecified atom stereocenters. The fraction of sp³-hybridized carbons (Fsp3) is 0.417. The molecule has 1 heterocycles. The average molecular weight is 488 g/mol. The Hall–Kier alpha value is -3.29. The van der Waals surface area contributed by atoms with Gasteiger partial charge in [0.05, 0.1) is 18.2 Å². The van der Waals surface area contributed by atoms with Crippen molar-refractivity contribution in [3.63, 3.8) is 0 Å². The summed E-state index contributed by atoms with van der Waals surface area (Å²) in [4.78, 5) is 13.5. The lowest BCUT2D eigenvalue weighted by Crippen LogP contribution is -2.36. The fourth-order valence-electron chi connectivity index (χ4n) is 3.45. The number of benzene rings is 2. The third kappa shape index (κ3) is 6.85. The van der Waals surface area contributed by atoms with E-state index in [1.165, 1.54) is 12.1 Å². The van der Waals surface area contributed by atoms with Gasteiger partial charge in [-0.3, -0.25) is 0 Å². The van der Waals surface area contributed by atoms with Gasteiger partial charge in [-0.25, -0.2) is 17.9 Å². The lowest BCUT2D eigenvalue weighted by atomic mass is 10.1. The van der Waals surface area contributed by atoms with Crippen molar-refractivity contribution < 1.29 is 27.8 Å². The molecule has 0 aliphatic carbocycles. The Bertz CT molecular complexity index is 1170. The van der Waals surface area contributed by atoms with Crippen molar-refractivity contribution in [2.24, 2.45) is 0 Å². The maximum Gasteiger partial charge on any atom is 0.410 e. The SMILES string of the molecule is CC(C)(C)OC(=O)N1CC[C@H](Oc2ccc(CCNS(=O)(=O)c3cc(C#N)ccc3O)cc2)C1. The molecule has 1 aliphatic heterocycles. The van der Waals surface area contributed by atoms with Crippen LogP contribution in [0.4, 0.5) is 4.79 Å². The van der Waals surface area contributed by atoms with Crippen molar-refractivity contribution in [2.75, 3.05) is 19.6 Å². The van der Waals surface area contributed by atoms with Gasteiger partial charge in [-0.2, -0.15) is 5.26 Å². The number of phenols is 1. The van der Waals surface area contributed by atoms with Crippen LogP contribution in [0.1, 0.15) is 38.3 Å². The molecule has 1 atom stereocenters. The summed E-state index contributed by atoms with van der Waals surface area (Å²) in [7, 11) is -3.96. The standard InChI is InChI=1S/C24H29N3O6S/c1-24(2,3)33-23(29)27-13-11-20(16-27)32-19-7-4-17(5-8-19)10-12-26-34(30,31)22-14-18(15-25)6-9-21(22)28/h4-9,14,20,26,28H,10-13,16H2,1-3H3/t20-/m0/s1. The predicted molar refractivity (Wildman–Crippen MR) is 125 cm³/mol. The van der Waals surface area contributed by atoms with Crippen molar-refractivity contribution in [2.45, 2.75) is 50.2 Å². The summed E-state index contributed by atoms with van der Waals surface area (Å²) in [6.45, 7) is 6.64. The average Bonchev–Trinajstić information content (AvgIpc) is 3.23. The Morgan fingerprint density at radius 2 is 1.94 bits per heavy atom. The van der Waals surface area contributed by atoms with E-state index in [-0.39, 0.29) is 29.2 Å². The highest BCUT2D eigenvalue weighted by Gasteiger charge is 2.30. The third-order valence-electron chi connectivity index (χ3n) is 5.11. The van der Waals surface area contributed by atoms with E-state index in [4.69, 9.17) is 14.7 Å². The molecule has 10 heteroatoms. The van der Waals surface area contributed by atoms with Crippen molar-refractivity contribution in [1.82, 2.24) is 9.62 Å². The van der Waals surface area contributed by atoms with Gasteiger partial charge in [0.1, 0.15) is 28.1 Å². The van der Waals surface area contributed by atoms with Crippen LogP contribution in [-0.2, 0) is 21.2 Å². The van der Waals surface area contributed by atoms with Gasteiger partial charge in [0.2, 0.25) is 10.0 Å². The number of rotatable bonds is 7. The molecule has 2 aromatic rings. The second-order valence-electron chi connectivity index (χ2n) is 9.04. The van der Waals surface area contributed by atoms with Crippen LogP contribution >= 0.6 is 0 Å². The molecule has 1 saturated heterocycles. The molecule has 1 amide bonds. The Balaban J connectivity index is 1.49. The number of ether oxygens (including phenoxy) is 2. The summed E-state index contributed by atoms with van der Waals surface area (Å²) in [6, 6.07) is 12.8. The van der Waals surface area contributed by atoms with E-state index in [0.29, 0.717) is 31.7 Å². The van der Waals surface area contributed by atoms with E-state index in [9.17, 15) is 18.3 Å². The van der Waals surface area contributed by atoms with Gasteiger partial charge in [0.15, 0.2) is 0 Å². The molecule has 2 aromatic carbocycles. The topological polar surface area (TPSA) is 129 Å². The molecule has 2 N–H and O–H groups in total. The number of phenolic OH excluding ortho intramolecular Hbond substituents is 1. The van der Waals surface area contributed by atoms with Gasteiger partial charge in [0.25, 0.3) is 0 Å². The van der Waals surface area contributed by atoms with Crippen LogP contribution in [0.15, 0.2) is 47.4 Å². The van der Waals surface area contributed by atoms with Crippen molar-refractivity contribution in [3.05, 3.63) is 53.6 Å². The van der Waals surface area contributed by atoms with E-state index >= 15 is 0 Å². The number of aromatic hydroxyl groups is 1. The first-order valence-electron chi connectivity index (χ1n) is 10.9. The van der Waals surface area contributed by atoms with Crippen molar-refractivity contribution in [3.8, 4) is 17.6 Å². The maximum absolute atomic E-state index is 12.5. The van der Waals surface area contributed by atoms with Crippen LogP contribution < -0.4 is 9.46 Å².